The first-order chi connectivity index (χ1) is 10.9. The Labute approximate surface area is 147 Å². The Hall–Kier alpha value is -0.220. The molecule has 0 bridgehead atoms. The molecule has 1 saturated heterocycles. The van der Waals surface area contributed by atoms with Crippen LogP contribution in [-0.4, -0.2) is 41.2 Å². The lowest BCUT2D eigenvalue weighted by Crippen LogP contribution is -2.50. The molecule has 4 heteroatoms. The van der Waals surface area contributed by atoms with Crippen molar-refractivity contribution in [3.8, 4) is 0 Å². The third kappa shape index (κ3) is 5.38. The summed E-state index contributed by atoms with van der Waals surface area (Å²) < 4.78 is 6.05. The van der Waals surface area contributed by atoms with Crippen LogP contribution < -0.4 is 0 Å². The van der Waals surface area contributed by atoms with E-state index in [0.717, 1.165) is 31.4 Å². The van der Waals surface area contributed by atoms with E-state index in [1.165, 1.54) is 12.2 Å². The number of ether oxygens (including phenoxy) is 1. The van der Waals surface area contributed by atoms with Crippen molar-refractivity contribution in [2.75, 3.05) is 18.1 Å². The Morgan fingerprint density at radius 3 is 2.48 bits per heavy atom. The molecule has 1 aliphatic heterocycles. The fourth-order valence-corrected chi connectivity index (χ4v) is 4.19. The second-order valence-corrected chi connectivity index (χ2v) is 8.60. The minimum Gasteiger partial charge on any atom is -0.356 e. The van der Waals surface area contributed by atoms with E-state index in [4.69, 9.17) is 4.74 Å². The van der Waals surface area contributed by atoms with E-state index < -0.39 is 0 Å². The quantitative estimate of drug-likeness (QED) is 0.526. The molecule has 0 spiro atoms. The minimum absolute atomic E-state index is 0.0259. The number of thioether (sulfide) groups is 1. The highest BCUT2D eigenvalue weighted by molar-refractivity contribution is 7.99. The highest BCUT2D eigenvalue weighted by Gasteiger charge is 2.44. The van der Waals surface area contributed by atoms with E-state index in [0.29, 0.717) is 18.4 Å². The second kappa shape index (κ2) is 9.93. The lowest BCUT2D eigenvalue weighted by molar-refractivity contribution is -0.149. The van der Waals surface area contributed by atoms with Gasteiger partial charge in [-0.25, -0.2) is 0 Å². The molecule has 1 fully saturated rings. The SMILES string of the molecule is CCCSCC[C@H]1OC[C@H](C(C)C)N1C(=O)[C@@](C)(CC)CCC. The number of hydrogen-bond donors (Lipinski definition) is 0. The van der Waals surface area contributed by atoms with Gasteiger partial charge in [0.05, 0.1) is 12.6 Å². The molecule has 0 aromatic rings. The standard InChI is InChI=1S/C19H37NO2S/c1-7-11-19(6,9-3)18(21)20-16(15(4)5)14-22-17(20)10-13-23-12-8-2/h15-17H,7-14H2,1-6H3/t16-,17-,19+/m1/s1. The van der Waals surface area contributed by atoms with Crippen molar-refractivity contribution in [3.63, 3.8) is 0 Å². The van der Waals surface area contributed by atoms with Crippen molar-refractivity contribution >= 4 is 17.7 Å². The van der Waals surface area contributed by atoms with Crippen LogP contribution in [-0.2, 0) is 9.53 Å². The number of rotatable bonds is 10. The topological polar surface area (TPSA) is 29.5 Å². The fraction of sp³-hybridized carbons (Fsp3) is 0.947. The van der Waals surface area contributed by atoms with Gasteiger partial charge in [0.2, 0.25) is 5.91 Å². The highest BCUT2D eigenvalue weighted by atomic mass is 32.2. The largest absolute Gasteiger partial charge is 0.356 e. The molecule has 0 N–H and O–H groups in total. The summed E-state index contributed by atoms with van der Waals surface area (Å²) in [6.45, 7) is 13.7. The monoisotopic (exact) mass is 343 g/mol. The summed E-state index contributed by atoms with van der Waals surface area (Å²) in [5, 5.41) is 0. The molecule has 3 atom stereocenters. The number of amides is 1. The van der Waals surface area contributed by atoms with Crippen molar-refractivity contribution in [1.82, 2.24) is 4.90 Å². The summed E-state index contributed by atoms with van der Waals surface area (Å²) in [6, 6.07) is 0.228. The fourth-order valence-electron chi connectivity index (χ4n) is 3.33. The van der Waals surface area contributed by atoms with Crippen LogP contribution >= 0.6 is 11.8 Å². The molecular formula is C19H37NO2S. The van der Waals surface area contributed by atoms with Crippen molar-refractivity contribution in [3.05, 3.63) is 0 Å². The van der Waals surface area contributed by atoms with E-state index in [1.807, 2.05) is 11.8 Å². The van der Waals surface area contributed by atoms with Crippen LogP contribution in [0, 0.1) is 11.3 Å². The molecule has 0 aliphatic carbocycles. The molecule has 23 heavy (non-hydrogen) atoms. The Kier molecular flexibility index (Phi) is 8.99. The number of carbonyl (C=O) groups excluding carboxylic acids is 1. The lowest BCUT2D eigenvalue weighted by Gasteiger charge is -2.38. The Morgan fingerprint density at radius 1 is 1.26 bits per heavy atom. The maximum absolute atomic E-state index is 13.3. The highest BCUT2D eigenvalue weighted by Crippen LogP contribution is 2.36. The van der Waals surface area contributed by atoms with E-state index in [1.54, 1.807) is 0 Å². The smallest absolute Gasteiger partial charge is 0.230 e. The van der Waals surface area contributed by atoms with Gasteiger partial charge in [-0.3, -0.25) is 4.79 Å². The molecule has 0 aromatic carbocycles. The average Bonchev–Trinajstić information content (AvgIpc) is 2.94. The molecule has 1 aliphatic rings. The van der Waals surface area contributed by atoms with E-state index in [2.05, 4.69) is 46.4 Å². The van der Waals surface area contributed by atoms with E-state index in [9.17, 15) is 4.79 Å². The molecule has 0 saturated carbocycles. The van der Waals surface area contributed by atoms with Crippen LogP contribution in [0.2, 0.25) is 0 Å². The molecule has 136 valence electrons. The first-order valence-corrected chi connectivity index (χ1v) is 10.6. The summed E-state index contributed by atoms with van der Waals surface area (Å²) >= 11 is 1.97. The van der Waals surface area contributed by atoms with Gasteiger partial charge in [0.25, 0.3) is 0 Å². The predicted molar refractivity (Wildman–Crippen MR) is 101 cm³/mol. The van der Waals surface area contributed by atoms with Crippen molar-refractivity contribution in [2.45, 2.75) is 85.9 Å². The van der Waals surface area contributed by atoms with Gasteiger partial charge in [0.15, 0.2) is 0 Å². The molecule has 3 nitrogen and oxygen atoms in total. The lowest BCUT2D eigenvalue weighted by atomic mass is 9.80. The van der Waals surface area contributed by atoms with Crippen LogP contribution in [0.15, 0.2) is 0 Å². The summed E-state index contributed by atoms with van der Waals surface area (Å²) in [5.74, 6) is 3.01. The summed E-state index contributed by atoms with van der Waals surface area (Å²) in [6.07, 6.45) is 5.04. The summed E-state index contributed by atoms with van der Waals surface area (Å²) in [4.78, 5) is 15.4. The number of hydrogen-bond acceptors (Lipinski definition) is 3. The second-order valence-electron chi connectivity index (χ2n) is 7.38. The van der Waals surface area contributed by atoms with Gasteiger partial charge in [-0.2, -0.15) is 11.8 Å². The van der Waals surface area contributed by atoms with Crippen LogP contribution in [0.25, 0.3) is 0 Å². The van der Waals surface area contributed by atoms with Crippen LogP contribution in [0.1, 0.15) is 73.6 Å². The maximum Gasteiger partial charge on any atom is 0.230 e. The molecule has 1 rings (SSSR count). The van der Waals surface area contributed by atoms with Gasteiger partial charge in [0.1, 0.15) is 6.23 Å². The normalized spacial score (nSPS) is 24.2. The van der Waals surface area contributed by atoms with Gasteiger partial charge in [-0.1, -0.05) is 48.0 Å². The van der Waals surface area contributed by atoms with E-state index in [-0.39, 0.29) is 17.7 Å². The predicted octanol–water partition coefficient (Wildman–Crippen LogP) is 4.95. The average molecular weight is 344 g/mol. The Balaban J connectivity index is 2.85. The zero-order valence-electron chi connectivity index (χ0n) is 16.1. The third-order valence-electron chi connectivity index (χ3n) is 5.09. The van der Waals surface area contributed by atoms with Crippen molar-refractivity contribution in [2.24, 2.45) is 11.3 Å². The summed E-state index contributed by atoms with van der Waals surface area (Å²) in [7, 11) is 0. The molecule has 1 heterocycles. The van der Waals surface area contributed by atoms with E-state index >= 15 is 0 Å². The third-order valence-corrected chi connectivity index (χ3v) is 6.31. The molecule has 1 amide bonds. The van der Waals surface area contributed by atoms with Gasteiger partial charge < -0.3 is 9.64 Å². The zero-order valence-corrected chi connectivity index (χ0v) is 16.9. The zero-order chi connectivity index (χ0) is 17.5. The van der Waals surface area contributed by atoms with Crippen molar-refractivity contribution < 1.29 is 9.53 Å². The Morgan fingerprint density at radius 2 is 1.96 bits per heavy atom. The van der Waals surface area contributed by atoms with Crippen molar-refractivity contribution in [1.29, 1.82) is 0 Å². The molecule has 0 unspecified atom stereocenters. The van der Waals surface area contributed by atoms with Gasteiger partial charge in [-0.15, -0.1) is 0 Å². The van der Waals surface area contributed by atoms with Crippen LogP contribution in [0.5, 0.6) is 0 Å². The van der Waals surface area contributed by atoms with Gasteiger partial charge >= 0.3 is 0 Å². The number of carbonyl (C=O) groups is 1. The number of nitrogens with zero attached hydrogens (tertiary/aromatic N) is 1. The minimum atomic E-state index is -0.246. The van der Waals surface area contributed by atoms with Gasteiger partial charge in [0, 0.05) is 11.8 Å². The van der Waals surface area contributed by atoms with Crippen LogP contribution in [0.3, 0.4) is 0 Å². The summed E-state index contributed by atoms with van der Waals surface area (Å²) in [5.41, 5.74) is -0.246. The molecule has 0 aromatic heterocycles. The first-order valence-electron chi connectivity index (χ1n) is 9.43. The Bertz CT molecular complexity index is 361. The van der Waals surface area contributed by atoms with Gasteiger partial charge in [-0.05, 0) is 36.7 Å². The maximum atomic E-state index is 13.3. The first kappa shape index (κ1) is 20.8. The van der Waals surface area contributed by atoms with Crippen LogP contribution in [0.4, 0.5) is 0 Å². The molecular weight excluding hydrogens is 306 g/mol. The molecule has 0 radical (unpaired) electrons.